The highest BCUT2D eigenvalue weighted by atomic mass is 16.6. The number of hydrogen-bond donors (Lipinski definition) is 2. The van der Waals surface area contributed by atoms with Crippen molar-refractivity contribution in [2.75, 3.05) is 13.2 Å². The number of unbranched alkanes of at least 4 members (excludes halogenated alkanes) is 14. The zero-order chi connectivity index (χ0) is 37.2. The summed E-state index contributed by atoms with van der Waals surface area (Å²) in [6.07, 6.45) is 22.4. The molecule has 0 bridgehead atoms. The molecular formula is C40H72O10. The second kappa shape index (κ2) is 33.5. The fraction of sp³-hybridized carbons (Fsp3) is 0.875. The number of carbonyl (C=O) groups excluding carboxylic acids is 3. The second-order valence-electron chi connectivity index (χ2n) is 13.9. The van der Waals surface area contributed by atoms with Crippen LogP contribution in [0.25, 0.3) is 0 Å². The molecule has 3 atom stereocenters. The van der Waals surface area contributed by atoms with Crippen molar-refractivity contribution >= 4 is 29.8 Å². The lowest BCUT2D eigenvalue weighted by Crippen LogP contribution is -2.25. The van der Waals surface area contributed by atoms with Gasteiger partial charge in [-0.05, 0) is 50.4 Å². The SMILES string of the molecule is CCCCCCCCC(CCC(=O)O)C(CCCCCCCC(=O)OCCCCCCCCC(COC(=O)CC)OC(=O)CC)CCC(=O)O. The maximum Gasteiger partial charge on any atom is 0.305 e. The van der Waals surface area contributed by atoms with Crippen molar-refractivity contribution in [2.45, 2.75) is 200 Å². The smallest absolute Gasteiger partial charge is 0.305 e. The molecule has 0 heterocycles. The van der Waals surface area contributed by atoms with Crippen molar-refractivity contribution in [3.05, 3.63) is 0 Å². The lowest BCUT2D eigenvalue weighted by atomic mass is 9.78. The van der Waals surface area contributed by atoms with Gasteiger partial charge in [0, 0.05) is 32.1 Å². The van der Waals surface area contributed by atoms with Gasteiger partial charge in [-0.3, -0.25) is 24.0 Å². The molecule has 0 aliphatic heterocycles. The zero-order valence-corrected chi connectivity index (χ0v) is 31.9. The number of rotatable bonds is 36. The second-order valence-corrected chi connectivity index (χ2v) is 13.9. The van der Waals surface area contributed by atoms with Gasteiger partial charge in [0.1, 0.15) is 12.7 Å². The fourth-order valence-electron chi connectivity index (χ4n) is 6.42. The van der Waals surface area contributed by atoms with Crippen molar-refractivity contribution in [2.24, 2.45) is 11.8 Å². The van der Waals surface area contributed by atoms with E-state index in [0.29, 0.717) is 45.1 Å². The van der Waals surface area contributed by atoms with E-state index in [4.69, 9.17) is 14.2 Å². The normalized spacial score (nSPS) is 12.9. The molecule has 0 rings (SSSR count). The maximum absolute atomic E-state index is 12.2. The maximum atomic E-state index is 12.2. The van der Waals surface area contributed by atoms with Crippen molar-refractivity contribution in [3.8, 4) is 0 Å². The van der Waals surface area contributed by atoms with Crippen LogP contribution in [0, 0.1) is 11.8 Å². The van der Waals surface area contributed by atoms with Gasteiger partial charge in [0.2, 0.25) is 0 Å². The Morgan fingerprint density at radius 1 is 0.460 bits per heavy atom. The number of hydrogen-bond acceptors (Lipinski definition) is 8. The first-order valence-electron chi connectivity index (χ1n) is 20.1. The van der Waals surface area contributed by atoms with Gasteiger partial charge >= 0.3 is 29.8 Å². The van der Waals surface area contributed by atoms with Crippen LogP contribution in [-0.2, 0) is 38.2 Å². The van der Waals surface area contributed by atoms with Crippen molar-refractivity contribution in [3.63, 3.8) is 0 Å². The van der Waals surface area contributed by atoms with E-state index >= 15 is 0 Å². The first-order chi connectivity index (χ1) is 24.1. The molecule has 10 heteroatoms. The van der Waals surface area contributed by atoms with Crippen LogP contribution in [0.3, 0.4) is 0 Å². The van der Waals surface area contributed by atoms with Crippen LogP contribution in [0.15, 0.2) is 0 Å². The van der Waals surface area contributed by atoms with Crippen LogP contribution in [0.1, 0.15) is 194 Å². The zero-order valence-electron chi connectivity index (χ0n) is 31.9. The predicted octanol–water partition coefficient (Wildman–Crippen LogP) is 9.98. The third-order valence-corrected chi connectivity index (χ3v) is 9.50. The number of carbonyl (C=O) groups is 5. The predicted molar refractivity (Wildman–Crippen MR) is 196 cm³/mol. The molecule has 0 amide bonds. The summed E-state index contributed by atoms with van der Waals surface area (Å²) in [5, 5.41) is 18.6. The Kier molecular flexibility index (Phi) is 31.7. The highest BCUT2D eigenvalue weighted by Gasteiger charge is 2.23. The van der Waals surface area contributed by atoms with E-state index in [-0.39, 0.29) is 49.2 Å². The molecule has 292 valence electrons. The summed E-state index contributed by atoms with van der Waals surface area (Å²) in [5.74, 6) is -1.81. The van der Waals surface area contributed by atoms with E-state index < -0.39 is 18.0 Å². The molecule has 0 aromatic heterocycles. The Hall–Kier alpha value is -2.65. The van der Waals surface area contributed by atoms with Crippen LogP contribution in [-0.4, -0.2) is 59.4 Å². The van der Waals surface area contributed by atoms with E-state index in [0.717, 1.165) is 96.3 Å². The Morgan fingerprint density at radius 2 is 0.920 bits per heavy atom. The highest BCUT2D eigenvalue weighted by molar-refractivity contribution is 5.70. The standard InChI is InChI=1S/C40H72O10/c1-4-7-8-9-13-18-23-33(27-29-36(41)42)34(28-30-37(43)44)24-19-14-12-16-21-26-40(47)48-31-22-17-11-10-15-20-25-35(50-39(46)6-3)32-49-38(45)5-2/h33-35H,4-32H2,1-3H3,(H,41,42)(H,43,44). The Bertz CT molecular complexity index is 889. The number of aliphatic carboxylic acids is 2. The average molecular weight is 713 g/mol. The third kappa shape index (κ3) is 30.2. The van der Waals surface area contributed by atoms with Crippen LogP contribution in [0.5, 0.6) is 0 Å². The lowest BCUT2D eigenvalue weighted by Gasteiger charge is -2.27. The van der Waals surface area contributed by atoms with Gasteiger partial charge in [0.15, 0.2) is 0 Å². The van der Waals surface area contributed by atoms with Crippen LogP contribution >= 0.6 is 0 Å². The highest BCUT2D eigenvalue weighted by Crippen LogP contribution is 2.32. The van der Waals surface area contributed by atoms with E-state index in [9.17, 15) is 34.2 Å². The molecule has 0 saturated carbocycles. The molecule has 0 aliphatic rings. The van der Waals surface area contributed by atoms with Crippen molar-refractivity contribution in [1.82, 2.24) is 0 Å². The fourth-order valence-corrected chi connectivity index (χ4v) is 6.42. The van der Waals surface area contributed by atoms with Crippen LogP contribution < -0.4 is 0 Å². The van der Waals surface area contributed by atoms with E-state index in [2.05, 4.69) is 6.92 Å². The van der Waals surface area contributed by atoms with Crippen LogP contribution in [0.2, 0.25) is 0 Å². The monoisotopic (exact) mass is 713 g/mol. The topological polar surface area (TPSA) is 154 Å². The molecule has 0 aromatic carbocycles. The van der Waals surface area contributed by atoms with Gasteiger partial charge in [-0.15, -0.1) is 0 Å². The Morgan fingerprint density at radius 3 is 1.42 bits per heavy atom. The van der Waals surface area contributed by atoms with Gasteiger partial charge in [0.25, 0.3) is 0 Å². The van der Waals surface area contributed by atoms with E-state index in [1.165, 1.54) is 25.7 Å². The third-order valence-electron chi connectivity index (χ3n) is 9.50. The van der Waals surface area contributed by atoms with Gasteiger partial charge < -0.3 is 24.4 Å². The lowest BCUT2D eigenvalue weighted by molar-refractivity contribution is -0.159. The molecule has 3 unspecified atom stereocenters. The van der Waals surface area contributed by atoms with Gasteiger partial charge in [-0.25, -0.2) is 0 Å². The summed E-state index contributed by atoms with van der Waals surface area (Å²) < 4.78 is 16.0. The van der Waals surface area contributed by atoms with Gasteiger partial charge in [0.05, 0.1) is 6.61 Å². The quantitative estimate of drug-likeness (QED) is 0.0364. The molecule has 0 spiro atoms. The summed E-state index contributed by atoms with van der Waals surface area (Å²) in [7, 11) is 0. The summed E-state index contributed by atoms with van der Waals surface area (Å²) in [5.41, 5.74) is 0. The number of esters is 3. The molecule has 0 aliphatic carbocycles. The molecule has 0 fully saturated rings. The first-order valence-corrected chi connectivity index (χ1v) is 20.1. The molecule has 2 N–H and O–H groups in total. The summed E-state index contributed by atoms with van der Waals surface area (Å²) in [6, 6.07) is 0. The summed E-state index contributed by atoms with van der Waals surface area (Å²) in [6.45, 7) is 6.22. The van der Waals surface area contributed by atoms with E-state index in [1.54, 1.807) is 13.8 Å². The number of ether oxygens (including phenoxy) is 3. The average Bonchev–Trinajstić information content (AvgIpc) is 3.09. The Labute approximate surface area is 303 Å². The molecular weight excluding hydrogens is 640 g/mol. The van der Waals surface area contributed by atoms with Crippen LogP contribution in [0.4, 0.5) is 0 Å². The first kappa shape index (κ1) is 47.4. The number of carboxylic acids is 2. The minimum atomic E-state index is -0.790. The minimum absolute atomic E-state index is 0.109. The summed E-state index contributed by atoms with van der Waals surface area (Å²) >= 11 is 0. The number of carboxylic acid groups (broad SMARTS) is 2. The molecule has 10 nitrogen and oxygen atoms in total. The van der Waals surface area contributed by atoms with E-state index in [1.807, 2.05) is 0 Å². The van der Waals surface area contributed by atoms with Gasteiger partial charge in [-0.2, -0.15) is 0 Å². The Balaban J connectivity index is 4.17. The molecule has 0 saturated heterocycles. The van der Waals surface area contributed by atoms with Crippen molar-refractivity contribution in [1.29, 1.82) is 0 Å². The largest absolute Gasteiger partial charge is 0.481 e. The minimum Gasteiger partial charge on any atom is -0.481 e. The molecule has 0 aromatic rings. The summed E-state index contributed by atoms with van der Waals surface area (Å²) in [4.78, 5) is 57.9. The van der Waals surface area contributed by atoms with Gasteiger partial charge in [-0.1, -0.05) is 124 Å². The molecule has 50 heavy (non-hydrogen) atoms. The molecule has 0 radical (unpaired) electrons. The van der Waals surface area contributed by atoms with Crippen molar-refractivity contribution < 1.29 is 48.4 Å².